The summed E-state index contributed by atoms with van der Waals surface area (Å²) >= 11 is 0. The van der Waals surface area contributed by atoms with Crippen LogP contribution in [0.5, 0.6) is 5.75 Å². The highest BCUT2D eigenvalue weighted by molar-refractivity contribution is 5.50. The van der Waals surface area contributed by atoms with Gasteiger partial charge in [0, 0.05) is 25.6 Å². The maximum atomic E-state index is 9.52. The third-order valence-corrected chi connectivity index (χ3v) is 3.78. The van der Waals surface area contributed by atoms with Crippen molar-refractivity contribution >= 4 is 5.69 Å². The Morgan fingerprint density at radius 2 is 2.15 bits per heavy atom. The van der Waals surface area contributed by atoms with E-state index in [1.54, 1.807) is 18.3 Å². The first kappa shape index (κ1) is 13.0. The Morgan fingerprint density at radius 3 is 2.90 bits per heavy atom. The molecule has 1 aliphatic heterocycles. The van der Waals surface area contributed by atoms with Crippen molar-refractivity contribution in [2.24, 2.45) is 5.73 Å². The van der Waals surface area contributed by atoms with Gasteiger partial charge in [0.1, 0.15) is 11.4 Å². The summed E-state index contributed by atoms with van der Waals surface area (Å²) in [6.45, 7) is 1.88. The number of nitrogens with two attached hydrogens (primary N) is 1. The third kappa shape index (κ3) is 2.77. The summed E-state index contributed by atoms with van der Waals surface area (Å²) in [6.07, 6.45) is 4.40. The van der Waals surface area contributed by atoms with Crippen LogP contribution < -0.4 is 10.6 Å². The van der Waals surface area contributed by atoms with Crippen molar-refractivity contribution in [3.63, 3.8) is 0 Å². The van der Waals surface area contributed by atoms with Crippen molar-refractivity contribution in [2.75, 3.05) is 18.0 Å². The fourth-order valence-corrected chi connectivity index (χ4v) is 2.63. The van der Waals surface area contributed by atoms with Crippen LogP contribution in [-0.4, -0.2) is 29.4 Å². The van der Waals surface area contributed by atoms with Crippen LogP contribution >= 0.6 is 0 Å². The Morgan fingerprint density at radius 1 is 1.35 bits per heavy atom. The van der Waals surface area contributed by atoms with E-state index in [0.29, 0.717) is 12.5 Å². The van der Waals surface area contributed by atoms with Crippen molar-refractivity contribution < 1.29 is 9.63 Å². The first-order chi connectivity index (χ1) is 9.72. The van der Waals surface area contributed by atoms with Crippen LogP contribution in [0.1, 0.15) is 24.2 Å². The summed E-state index contributed by atoms with van der Waals surface area (Å²) in [4.78, 5) is 2.28. The Hall–Kier alpha value is -2.01. The van der Waals surface area contributed by atoms with Gasteiger partial charge in [0.25, 0.3) is 0 Å². The average molecular weight is 273 g/mol. The lowest BCUT2D eigenvalue weighted by molar-refractivity contribution is 0.388. The highest BCUT2D eigenvalue weighted by Crippen LogP contribution is 2.26. The number of aromatic hydroxyl groups is 1. The highest BCUT2D eigenvalue weighted by Gasteiger charge is 2.21. The van der Waals surface area contributed by atoms with Crippen molar-refractivity contribution in [1.82, 2.24) is 5.16 Å². The minimum absolute atomic E-state index is 0.271. The van der Waals surface area contributed by atoms with E-state index in [4.69, 9.17) is 10.3 Å². The number of aromatic nitrogens is 1. The number of rotatable bonds is 3. The van der Waals surface area contributed by atoms with Crippen LogP contribution in [0.25, 0.3) is 0 Å². The van der Waals surface area contributed by atoms with Gasteiger partial charge in [-0.3, -0.25) is 0 Å². The van der Waals surface area contributed by atoms with E-state index >= 15 is 0 Å². The lowest BCUT2D eigenvalue weighted by Gasteiger charge is -2.31. The molecule has 2 heterocycles. The minimum Gasteiger partial charge on any atom is -0.508 e. The molecule has 1 aromatic carbocycles. The minimum atomic E-state index is 0.271. The van der Waals surface area contributed by atoms with Gasteiger partial charge >= 0.3 is 0 Å². The van der Waals surface area contributed by atoms with Gasteiger partial charge < -0.3 is 20.3 Å². The van der Waals surface area contributed by atoms with Crippen molar-refractivity contribution in [2.45, 2.75) is 25.3 Å². The molecule has 1 aliphatic rings. The number of hydrogen-bond donors (Lipinski definition) is 2. The van der Waals surface area contributed by atoms with Crippen molar-refractivity contribution in [3.8, 4) is 5.75 Å². The first-order valence-corrected chi connectivity index (χ1v) is 6.94. The number of benzene rings is 1. The Kier molecular flexibility index (Phi) is 3.60. The summed E-state index contributed by atoms with van der Waals surface area (Å²) < 4.78 is 5.38. The number of piperidine rings is 1. The Balaban J connectivity index is 1.76. The summed E-state index contributed by atoms with van der Waals surface area (Å²) in [5, 5.41) is 13.4. The molecule has 5 heteroatoms. The summed E-state index contributed by atoms with van der Waals surface area (Å²) in [7, 11) is 0. The standard InChI is InChI=1S/C15H19N3O2/c16-12-4-6-18(7-5-12)14-10-17-20-15(14)9-11-2-1-3-13(19)8-11/h1-3,8,10,12,19H,4-7,9,16H2. The fraction of sp³-hybridized carbons (Fsp3) is 0.400. The van der Waals surface area contributed by atoms with E-state index in [-0.39, 0.29) is 5.75 Å². The largest absolute Gasteiger partial charge is 0.508 e. The van der Waals surface area contributed by atoms with E-state index in [1.807, 2.05) is 12.1 Å². The molecule has 0 unspecified atom stereocenters. The number of hydrogen-bond acceptors (Lipinski definition) is 5. The highest BCUT2D eigenvalue weighted by atomic mass is 16.5. The van der Waals surface area contributed by atoms with E-state index in [9.17, 15) is 5.11 Å². The van der Waals surface area contributed by atoms with Gasteiger partial charge in [-0.05, 0) is 30.5 Å². The number of phenolic OH excluding ortho intramolecular Hbond substituents is 1. The SMILES string of the molecule is NC1CCN(c2cnoc2Cc2cccc(O)c2)CC1. The van der Waals surface area contributed by atoms with Crippen LogP contribution in [0.4, 0.5) is 5.69 Å². The zero-order valence-corrected chi connectivity index (χ0v) is 11.3. The van der Waals surface area contributed by atoms with Gasteiger partial charge in [-0.15, -0.1) is 0 Å². The summed E-state index contributed by atoms with van der Waals surface area (Å²) in [5.41, 5.74) is 7.99. The maximum Gasteiger partial charge on any atom is 0.164 e. The van der Waals surface area contributed by atoms with Crippen LogP contribution in [0.15, 0.2) is 35.0 Å². The van der Waals surface area contributed by atoms with Gasteiger partial charge in [0.15, 0.2) is 5.76 Å². The van der Waals surface area contributed by atoms with Crippen LogP contribution in [0.2, 0.25) is 0 Å². The van der Waals surface area contributed by atoms with E-state index in [0.717, 1.165) is 42.9 Å². The predicted molar refractivity (Wildman–Crippen MR) is 76.8 cm³/mol. The molecule has 0 amide bonds. The molecular formula is C15H19N3O2. The molecule has 0 aliphatic carbocycles. The molecule has 0 spiro atoms. The molecule has 0 bridgehead atoms. The Bertz CT molecular complexity index is 574. The summed E-state index contributed by atoms with van der Waals surface area (Å²) in [5.74, 6) is 1.11. The second kappa shape index (κ2) is 5.54. The molecule has 106 valence electrons. The van der Waals surface area contributed by atoms with E-state index < -0.39 is 0 Å². The zero-order chi connectivity index (χ0) is 13.9. The molecule has 1 fully saturated rings. The maximum absolute atomic E-state index is 9.52. The van der Waals surface area contributed by atoms with Crippen LogP contribution in [-0.2, 0) is 6.42 Å². The lowest BCUT2D eigenvalue weighted by atomic mass is 10.0. The average Bonchev–Trinajstić information content (AvgIpc) is 2.88. The van der Waals surface area contributed by atoms with Crippen molar-refractivity contribution in [3.05, 3.63) is 41.8 Å². The quantitative estimate of drug-likeness (QED) is 0.893. The number of nitrogens with zero attached hydrogens (tertiary/aromatic N) is 2. The molecule has 0 radical (unpaired) electrons. The molecule has 0 saturated carbocycles. The summed E-state index contributed by atoms with van der Waals surface area (Å²) in [6, 6.07) is 7.52. The molecule has 3 N–H and O–H groups in total. The number of anilines is 1. The van der Waals surface area contributed by atoms with Crippen LogP contribution in [0.3, 0.4) is 0 Å². The van der Waals surface area contributed by atoms with Crippen LogP contribution in [0, 0.1) is 0 Å². The molecule has 1 saturated heterocycles. The van der Waals surface area contributed by atoms with Gasteiger partial charge in [0.05, 0.1) is 6.20 Å². The molecule has 20 heavy (non-hydrogen) atoms. The molecular weight excluding hydrogens is 254 g/mol. The molecule has 5 nitrogen and oxygen atoms in total. The van der Waals surface area contributed by atoms with Gasteiger partial charge in [-0.1, -0.05) is 17.3 Å². The van der Waals surface area contributed by atoms with Gasteiger partial charge in [-0.25, -0.2) is 0 Å². The second-order valence-electron chi connectivity index (χ2n) is 5.31. The van der Waals surface area contributed by atoms with E-state index in [2.05, 4.69) is 10.1 Å². The molecule has 3 rings (SSSR count). The van der Waals surface area contributed by atoms with Gasteiger partial charge in [0.2, 0.25) is 0 Å². The molecule has 0 atom stereocenters. The number of phenols is 1. The second-order valence-corrected chi connectivity index (χ2v) is 5.31. The zero-order valence-electron chi connectivity index (χ0n) is 11.3. The first-order valence-electron chi connectivity index (χ1n) is 6.94. The monoisotopic (exact) mass is 273 g/mol. The van der Waals surface area contributed by atoms with Gasteiger partial charge in [-0.2, -0.15) is 0 Å². The fourth-order valence-electron chi connectivity index (χ4n) is 2.63. The lowest BCUT2D eigenvalue weighted by Crippen LogP contribution is -2.39. The smallest absolute Gasteiger partial charge is 0.164 e. The Labute approximate surface area is 118 Å². The van der Waals surface area contributed by atoms with E-state index in [1.165, 1.54) is 0 Å². The topological polar surface area (TPSA) is 75.5 Å². The molecule has 2 aromatic rings. The predicted octanol–water partition coefficient (Wildman–Crippen LogP) is 1.90. The van der Waals surface area contributed by atoms with Crippen molar-refractivity contribution in [1.29, 1.82) is 0 Å². The normalized spacial score (nSPS) is 16.6. The molecule has 1 aromatic heterocycles. The third-order valence-electron chi connectivity index (χ3n) is 3.78.